The van der Waals surface area contributed by atoms with Crippen molar-refractivity contribution in [2.24, 2.45) is 11.3 Å². The molecule has 0 radical (unpaired) electrons. The summed E-state index contributed by atoms with van der Waals surface area (Å²) in [5.41, 5.74) is 3.29. The standard InChI is InChI=1S/C27H40O3.C2H4O/c1-8-10-15-24(26(29)30-7)22-18-16-21(17-19-22)13-11-14-23(12-9-2)25(28)20(3)27(4,5)6;1-2-3/h15-19,23H,3,8-14H2,1-2,4-7H3;2H,1H3/b24-15-;. The highest BCUT2D eigenvalue weighted by atomic mass is 16.5. The van der Waals surface area contributed by atoms with E-state index in [9.17, 15) is 9.59 Å². The van der Waals surface area contributed by atoms with Gasteiger partial charge in [-0.3, -0.25) is 4.79 Å². The van der Waals surface area contributed by atoms with Gasteiger partial charge in [0.15, 0.2) is 5.78 Å². The van der Waals surface area contributed by atoms with Gasteiger partial charge < -0.3 is 9.53 Å². The molecule has 33 heavy (non-hydrogen) atoms. The maximum atomic E-state index is 12.9. The normalized spacial score (nSPS) is 12.3. The van der Waals surface area contributed by atoms with E-state index in [1.807, 2.05) is 18.2 Å². The van der Waals surface area contributed by atoms with Crippen molar-refractivity contribution in [1.82, 2.24) is 0 Å². The molecule has 0 aliphatic rings. The van der Waals surface area contributed by atoms with Crippen molar-refractivity contribution >= 4 is 23.6 Å². The van der Waals surface area contributed by atoms with Gasteiger partial charge in [0.2, 0.25) is 0 Å². The smallest absolute Gasteiger partial charge is 0.338 e. The van der Waals surface area contributed by atoms with Crippen LogP contribution in [-0.4, -0.2) is 25.1 Å². The topological polar surface area (TPSA) is 60.4 Å². The molecule has 0 N–H and O–H groups in total. The van der Waals surface area contributed by atoms with Gasteiger partial charge in [-0.25, -0.2) is 4.79 Å². The predicted molar refractivity (Wildman–Crippen MR) is 138 cm³/mol. The van der Waals surface area contributed by atoms with E-state index in [0.29, 0.717) is 5.57 Å². The molecule has 1 unspecified atom stereocenters. The fourth-order valence-electron chi connectivity index (χ4n) is 3.49. The van der Waals surface area contributed by atoms with E-state index < -0.39 is 0 Å². The van der Waals surface area contributed by atoms with Crippen LogP contribution in [0.3, 0.4) is 0 Å². The monoisotopic (exact) mass is 456 g/mol. The molecule has 0 aromatic heterocycles. The Morgan fingerprint density at radius 1 is 1.06 bits per heavy atom. The zero-order chi connectivity index (χ0) is 25.4. The molecule has 0 aliphatic heterocycles. The average Bonchev–Trinajstić information content (AvgIpc) is 2.78. The summed E-state index contributed by atoms with van der Waals surface area (Å²) in [4.78, 5) is 33.7. The summed E-state index contributed by atoms with van der Waals surface area (Å²) in [6.45, 7) is 15.9. The molecule has 1 aromatic carbocycles. The Morgan fingerprint density at radius 3 is 2.09 bits per heavy atom. The van der Waals surface area contributed by atoms with Crippen molar-refractivity contribution in [3.8, 4) is 0 Å². The first kappa shape index (κ1) is 30.5. The van der Waals surface area contributed by atoms with E-state index in [2.05, 4.69) is 53.3 Å². The predicted octanol–water partition coefficient (Wildman–Crippen LogP) is 7.16. The first-order valence-corrected chi connectivity index (χ1v) is 12.1. The molecular formula is C29H44O4. The highest BCUT2D eigenvalue weighted by Gasteiger charge is 2.27. The van der Waals surface area contributed by atoms with Crippen LogP contribution in [0.2, 0.25) is 0 Å². The lowest BCUT2D eigenvalue weighted by Gasteiger charge is -2.25. The second-order valence-corrected chi connectivity index (χ2v) is 9.30. The number of carbonyl (C=O) groups excluding carboxylic acids is 3. The minimum atomic E-state index is -0.295. The van der Waals surface area contributed by atoms with Crippen molar-refractivity contribution in [2.45, 2.75) is 86.5 Å². The van der Waals surface area contributed by atoms with Crippen molar-refractivity contribution in [3.05, 3.63) is 53.6 Å². The lowest BCUT2D eigenvalue weighted by molar-refractivity contribution is -0.133. The molecular weight excluding hydrogens is 412 g/mol. The molecule has 4 nitrogen and oxygen atoms in total. The fourth-order valence-corrected chi connectivity index (χ4v) is 3.49. The van der Waals surface area contributed by atoms with Crippen LogP contribution in [0.15, 0.2) is 42.5 Å². The summed E-state index contributed by atoms with van der Waals surface area (Å²) in [6, 6.07) is 8.12. The molecule has 4 heteroatoms. The molecule has 0 fully saturated rings. The molecule has 1 atom stereocenters. The molecule has 0 saturated heterocycles. The molecule has 1 rings (SSSR count). The van der Waals surface area contributed by atoms with Crippen LogP contribution in [0.1, 0.15) is 91.2 Å². The van der Waals surface area contributed by atoms with Crippen molar-refractivity contribution in [3.63, 3.8) is 0 Å². The Hall–Kier alpha value is -2.49. The van der Waals surface area contributed by atoms with E-state index in [-0.39, 0.29) is 23.1 Å². The Balaban J connectivity index is 0.00000322. The minimum Gasteiger partial charge on any atom is -0.465 e. The fraction of sp³-hybridized carbons (Fsp3) is 0.552. The van der Waals surface area contributed by atoms with Gasteiger partial charge in [0.25, 0.3) is 0 Å². The molecule has 0 aliphatic carbocycles. The van der Waals surface area contributed by atoms with Crippen molar-refractivity contribution in [1.29, 1.82) is 0 Å². The van der Waals surface area contributed by atoms with Crippen molar-refractivity contribution < 1.29 is 19.1 Å². The summed E-state index contributed by atoms with van der Waals surface area (Å²) in [5.74, 6) is -0.0106. The molecule has 0 saturated carbocycles. The zero-order valence-electron chi connectivity index (χ0n) is 21.8. The number of esters is 1. The van der Waals surface area contributed by atoms with Crippen LogP contribution in [0, 0.1) is 11.3 Å². The van der Waals surface area contributed by atoms with Crippen LogP contribution >= 0.6 is 0 Å². The van der Waals surface area contributed by atoms with E-state index in [1.165, 1.54) is 19.6 Å². The highest BCUT2D eigenvalue weighted by Crippen LogP contribution is 2.30. The second-order valence-electron chi connectivity index (χ2n) is 9.30. The molecule has 0 spiro atoms. The van der Waals surface area contributed by atoms with Gasteiger partial charge in [-0.15, -0.1) is 0 Å². The number of ketones is 1. The number of Topliss-reactive ketones (excluding diaryl/α,β-unsaturated/α-hetero) is 1. The number of allylic oxidation sites excluding steroid dienone is 2. The maximum absolute atomic E-state index is 12.9. The number of hydrogen-bond donors (Lipinski definition) is 0. The summed E-state index contributed by atoms with van der Waals surface area (Å²) in [6.07, 6.45) is 9.21. The maximum Gasteiger partial charge on any atom is 0.338 e. The third-order valence-electron chi connectivity index (χ3n) is 5.54. The van der Waals surface area contributed by atoms with E-state index >= 15 is 0 Å². The van der Waals surface area contributed by atoms with Crippen LogP contribution < -0.4 is 0 Å². The largest absolute Gasteiger partial charge is 0.465 e. The SMILES string of the molecule is C=C(C(=O)C(CCC)CCCc1ccc(/C(=C/CCC)C(=O)OC)cc1)C(C)(C)C.CC=O. The van der Waals surface area contributed by atoms with Gasteiger partial charge in [-0.05, 0) is 61.1 Å². The second kappa shape index (κ2) is 16.2. The van der Waals surface area contributed by atoms with Gasteiger partial charge >= 0.3 is 5.97 Å². The third kappa shape index (κ3) is 11.3. The molecule has 0 amide bonds. The van der Waals surface area contributed by atoms with Crippen LogP contribution in [0.4, 0.5) is 0 Å². The van der Waals surface area contributed by atoms with E-state index in [4.69, 9.17) is 9.53 Å². The Labute approximate surface area is 201 Å². The van der Waals surface area contributed by atoms with Crippen LogP contribution in [0.5, 0.6) is 0 Å². The highest BCUT2D eigenvalue weighted by molar-refractivity contribution is 6.16. The average molecular weight is 457 g/mol. The number of methoxy groups -OCH3 is 1. The number of benzene rings is 1. The van der Waals surface area contributed by atoms with Gasteiger partial charge in [-0.1, -0.05) is 84.4 Å². The number of aryl methyl sites for hydroxylation is 1. The van der Waals surface area contributed by atoms with E-state index in [1.54, 1.807) is 0 Å². The van der Waals surface area contributed by atoms with Crippen LogP contribution in [-0.2, 0) is 25.5 Å². The van der Waals surface area contributed by atoms with Gasteiger partial charge in [0.1, 0.15) is 6.29 Å². The molecule has 1 aromatic rings. The number of aldehydes is 1. The number of hydrogen-bond acceptors (Lipinski definition) is 4. The van der Waals surface area contributed by atoms with Gasteiger partial charge in [-0.2, -0.15) is 0 Å². The first-order valence-electron chi connectivity index (χ1n) is 12.1. The number of rotatable bonds is 12. The summed E-state index contributed by atoms with van der Waals surface area (Å²) in [5, 5.41) is 0. The summed E-state index contributed by atoms with van der Waals surface area (Å²) >= 11 is 0. The number of carbonyl (C=O) groups is 3. The first-order chi connectivity index (χ1) is 15.6. The Morgan fingerprint density at radius 2 is 1.64 bits per heavy atom. The van der Waals surface area contributed by atoms with Gasteiger partial charge in [0, 0.05) is 5.92 Å². The minimum absolute atomic E-state index is 0.0592. The van der Waals surface area contributed by atoms with Gasteiger partial charge in [0.05, 0.1) is 12.7 Å². The van der Waals surface area contributed by atoms with E-state index in [0.717, 1.165) is 62.4 Å². The summed E-state index contributed by atoms with van der Waals surface area (Å²) < 4.78 is 4.93. The Bertz CT molecular complexity index is 779. The zero-order valence-corrected chi connectivity index (χ0v) is 21.8. The summed E-state index contributed by atoms with van der Waals surface area (Å²) in [7, 11) is 1.42. The quantitative estimate of drug-likeness (QED) is 0.190. The Kier molecular flexibility index (Phi) is 15.0. The number of unbranched alkanes of at least 4 members (excludes halogenated alkanes) is 1. The lowest BCUT2D eigenvalue weighted by atomic mass is 9.78. The number of ether oxygens (including phenoxy) is 1. The third-order valence-corrected chi connectivity index (χ3v) is 5.54. The molecule has 0 heterocycles. The molecule has 184 valence electrons. The van der Waals surface area contributed by atoms with Crippen molar-refractivity contribution in [2.75, 3.05) is 7.11 Å². The lowest BCUT2D eigenvalue weighted by Crippen LogP contribution is -2.24. The molecule has 0 bridgehead atoms. The van der Waals surface area contributed by atoms with Crippen LogP contribution in [0.25, 0.3) is 5.57 Å².